The minimum Gasteiger partial charge on any atom is -0.534 e. The number of benzene rings is 2. The van der Waals surface area contributed by atoms with E-state index in [-0.39, 0.29) is 17.2 Å². The summed E-state index contributed by atoms with van der Waals surface area (Å²) in [5.41, 5.74) is 1.55. The third kappa shape index (κ3) is 3.20. The van der Waals surface area contributed by atoms with Crippen LogP contribution in [0.15, 0.2) is 42.5 Å². The summed E-state index contributed by atoms with van der Waals surface area (Å²) < 4.78 is 16.0. The number of hydrogen-bond acceptors (Lipinski definition) is 7. The molecular weight excluding hydrogens is 365 g/mol. The number of carbonyl (C=O) groups is 3. The second-order valence-electron chi connectivity index (χ2n) is 6.54. The summed E-state index contributed by atoms with van der Waals surface area (Å²) in [5, 5.41) is 12.8. The van der Waals surface area contributed by atoms with Gasteiger partial charge >= 0.3 is 19.1 Å². The van der Waals surface area contributed by atoms with Crippen LogP contribution in [0, 0.1) is 0 Å². The molecule has 1 unspecified atom stereocenters. The van der Waals surface area contributed by atoms with Crippen LogP contribution in [-0.2, 0) is 20.7 Å². The van der Waals surface area contributed by atoms with Gasteiger partial charge in [0.05, 0.1) is 11.5 Å². The second-order valence-corrected chi connectivity index (χ2v) is 6.54. The van der Waals surface area contributed by atoms with Crippen LogP contribution in [0.1, 0.15) is 45.1 Å². The minimum atomic E-state index is -1.31. The van der Waals surface area contributed by atoms with E-state index in [2.05, 4.69) is 5.32 Å². The Bertz CT molecular complexity index is 977. The molecule has 142 valence electrons. The maximum atomic E-state index is 12.7. The van der Waals surface area contributed by atoms with Crippen molar-refractivity contribution in [3.8, 4) is 5.75 Å². The first-order valence-electron chi connectivity index (χ1n) is 8.68. The Morgan fingerprint density at radius 2 is 2.00 bits per heavy atom. The molecule has 2 aliphatic rings. The fourth-order valence-electron chi connectivity index (χ4n) is 3.33. The van der Waals surface area contributed by atoms with Crippen LogP contribution < -0.4 is 9.97 Å². The molecule has 0 bridgehead atoms. The van der Waals surface area contributed by atoms with E-state index in [1.807, 2.05) is 0 Å². The van der Waals surface area contributed by atoms with Crippen LogP contribution in [-0.4, -0.2) is 35.9 Å². The third-order valence-electron chi connectivity index (χ3n) is 4.59. The average Bonchev–Trinajstić information content (AvgIpc) is 2.97. The van der Waals surface area contributed by atoms with Gasteiger partial charge in [-0.2, -0.15) is 0 Å². The SMILES string of the molecule is CC(=O)N[C@H]1Cc2cccc(C(=O)OC3OC(=O)c4ccccc43)c2OB1O. The Morgan fingerprint density at radius 3 is 2.79 bits per heavy atom. The average molecular weight is 381 g/mol. The van der Waals surface area contributed by atoms with Crippen molar-refractivity contribution in [2.75, 3.05) is 0 Å². The van der Waals surface area contributed by atoms with Crippen LogP contribution in [0.2, 0.25) is 0 Å². The summed E-state index contributed by atoms with van der Waals surface area (Å²) >= 11 is 0. The first-order chi connectivity index (χ1) is 13.4. The first kappa shape index (κ1) is 18.1. The molecule has 2 aromatic carbocycles. The molecule has 4 rings (SSSR count). The van der Waals surface area contributed by atoms with Gasteiger partial charge in [-0.3, -0.25) is 4.79 Å². The zero-order valence-electron chi connectivity index (χ0n) is 14.9. The summed E-state index contributed by atoms with van der Waals surface area (Å²) in [5.74, 6) is -2.06. The molecule has 0 saturated carbocycles. The zero-order chi connectivity index (χ0) is 19.8. The lowest BCUT2D eigenvalue weighted by Gasteiger charge is -2.29. The van der Waals surface area contributed by atoms with Crippen molar-refractivity contribution in [2.24, 2.45) is 0 Å². The fraction of sp³-hybridized carbons (Fsp3) is 0.211. The van der Waals surface area contributed by atoms with Crippen molar-refractivity contribution >= 4 is 25.0 Å². The molecule has 0 aromatic heterocycles. The van der Waals surface area contributed by atoms with Crippen molar-refractivity contribution in [1.29, 1.82) is 0 Å². The summed E-state index contributed by atoms with van der Waals surface area (Å²) in [6.45, 7) is 1.34. The molecule has 0 fully saturated rings. The zero-order valence-corrected chi connectivity index (χ0v) is 14.9. The monoisotopic (exact) mass is 381 g/mol. The lowest BCUT2D eigenvalue weighted by Crippen LogP contribution is -2.52. The number of nitrogens with one attached hydrogen (secondary N) is 1. The highest BCUT2D eigenvalue weighted by molar-refractivity contribution is 6.47. The van der Waals surface area contributed by atoms with Crippen molar-refractivity contribution in [1.82, 2.24) is 5.32 Å². The predicted molar refractivity (Wildman–Crippen MR) is 96.4 cm³/mol. The van der Waals surface area contributed by atoms with E-state index in [9.17, 15) is 19.4 Å². The standard InChI is InChI=1S/C19H16BNO7/c1-10(22)21-15-9-11-5-4-8-14(16(11)28-20(15)25)18(24)27-19-13-7-3-2-6-12(13)17(23)26-19/h2-8,15,19,25H,9H2,1H3,(H,21,22)/t15-,19?/m0/s1. The van der Waals surface area contributed by atoms with Crippen LogP contribution in [0.3, 0.4) is 0 Å². The number of cyclic esters (lactones) is 1. The molecule has 0 saturated heterocycles. The maximum Gasteiger partial charge on any atom is 0.547 e. The summed E-state index contributed by atoms with van der Waals surface area (Å²) in [6.07, 6.45) is -0.856. The van der Waals surface area contributed by atoms with Crippen molar-refractivity contribution in [3.63, 3.8) is 0 Å². The Morgan fingerprint density at radius 1 is 1.21 bits per heavy atom. The molecule has 2 aliphatic heterocycles. The molecule has 0 radical (unpaired) electrons. The largest absolute Gasteiger partial charge is 0.547 e. The molecule has 28 heavy (non-hydrogen) atoms. The number of hydrogen-bond donors (Lipinski definition) is 2. The Balaban J connectivity index is 1.57. The van der Waals surface area contributed by atoms with Crippen LogP contribution in [0.5, 0.6) is 5.75 Å². The smallest absolute Gasteiger partial charge is 0.534 e. The second kappa shape index (κ2) is 7.01. The highest BCUT2D eigenvalue weighted by atomic mass is 16.7. The number of amides is 1. The highest BCUT2D eigenvalue weighted by Crippen LogP contribution is 2.35. The van der Waals surface area contributed by atoms with E-state index in [4.69, 9.17) is 14.1 Å². The molecule has 2 N–H and O–H groups in total. The molecule has 2 atom stereocenters. The highest BCUT2D eigenvalue weighted by Gasteiger charge is 2.39. The number of fused-ring (bicyclic) bond motifs is 2. The number of ether oxygens (including phenoxy) is 2. The molecular formula is C19H16BNO7. The lowest BCUT2D eigenvalue weighted by atomic mass is 9.72. The van der Waals surface area contributed by atoms with Crippen LogP contribution in [0.4, 0.5) is 0 Å². The van der Waals surface area contributed by atoms with Gasteiger partial charge in [-0.1, -0.05) is 30.3 Å². The van der Waals surface area contributed by atoms with Crippen molar-refractivity contribution < 1.29 is 33.5 Å². The van der Waals surface area contributed by atoms with Gasteiger partial charge in [0, 0.05) is 12.5 Å². The molecule has 0 aliphatic carbocycles. The Hall–Kier alpha value is -3.33. The van der Waals surface area contributed by atoms with Gasteiger partial charge in [0.15, 0.2) is 0 Å². The number of rotatable bonds is 3. The van der Waals surface area contributed by atoms with Crippen molar-refractivity contribution in [2.45, 2.75) is 25.6 Å². The Kier molecular flexibility index (Phi) is 4.52. The van der Waals surface area contributed by atoms with Gasteiger partial charge in [-0.05, 0) is 24.1 Å². The summed E-state index contributed by atoms with van der Waals surface area (Å²) in [4.78, 5) is 35.9. The number of esters is 2. The van der Waals surface area contributed by atoms with Gasteiger partial charge in [0.25, 0.3) is 6.29 Å². The van der Waals surface area contributed by atoms with E-state index in [1.165, 1.54) is 13.0 Å². The van der Waals surface area contributed by atoms with E-state index in [0.29, 0.717) is 23.1 Å². The summed E-state index contributed by atoms with van der Waals surface area (Å²) in [7, 11) is -1.31. The first-order valence-corrected chi connectivity index (χ1v) is 8.68. The fourth-order valence-corrected chi connectivity index (χ4v) is 3.33. The van der Waals surface area contributed by atoms with E-state index >= 15 is 0 Å². The normalized spacial score (nSPS) is 19.8. The molecule has 9 heteroatoms. The quantitative estimate of drug-likeness (QED) is 0.607. The number of carbonyl (C=O) groups excluding carboxylic acids is 3. The minimum absolute atomic E-state index is 0.0956. The molecule has 2 heterocycles. The van der Waals surface area contributed by atoms with Crippen LogP contribution in [0.25, 0.3) is 0 Å². The summed E-state index contributed by atoms with van der Waals surface area (Å²) in [6, 6.07) is 11.5. The predicted octanol–water partition coefficient (Wildman–Crippen LogP) is 1.17. The van der Waals surface area contributed by atoms with E-state index in [1.54, 1.807) is 36.4 Å². The maximum absolute atomic E-state index is 12.7. The number of para-hydroxylation sites is 1. The van der Waals surface area contributed by atoms with Crippen molar-refractivity contribution in [3.05, 3.63) is 64.7 Å². The van der Waals surface area contributed by atoms with Gasteiger partial charge < -0.3 is 24.5 Å². The molecule has 2 aromatic rings. The van der Waals surface area contributed by atoms with Gasteiger partial charge in [0.1, 0.15) is 11.3 Å². The van der Waals surface area contributed by atoms with Gasteiger partial charge in [-0.15, -0.1) is 0 Å². The Labute approximate surface area is 160 Å². The third-order valence-corrected chi connectivity index (χ3v) is 4.59. The lowest BCUT2D eigenvalue weighted by molar-refractivity contribution is -0.119. The van der Waals surface area contributed by atoms with Crippen LogP contribution >= 0.6 is 0 Å². The van der Waals surface area contributed by atoms with Gasteiger partial charge in [-0.25, -0.2) is 9.59 Å². The van der Waals surface area contributed by atoms with E-state index < -0.39 is 31.3 Å². The van der Waals surface area contributed by atoms with E-state index in [0.717, 1.165) is 0 Å². The molecule has 0 spiro atoms. The topological polar surface area (TPSA) is 111 Å². The van der Waals surface area contributed by atoms with Gasteiger partial charge in [0.2, 0.25) is 5.91 Å². The molecule has 1 amide bonds. The molecule has 8 nitrogen and oxygen atoms in total.